The number of hydrogen-bond acceptors (Lipinski definition) is 7. The summed E-state index contributed by atoms with van der Waals surface area (Å²) in [5.74, 6) is -0.744. The number of ether oxygens (including phenoxy) is 2. The van der Waals surface area contributed by atoms with Crippen molar-refractivity contribution in [2.75, 3.05) is 54.5 Å². The van der Waals surface area contributed by atoms with E-state index in [1.165, 1.54) is 6.92 Å². The maximum atomic E-state index is 13.0. The first-order valence-electron chi connectivity index (χ1n) is 10.2. The van der Waals surface area contributed by atoms with Crippen LogP contribution in [0.4, 0.5) is 0 Å². The zero-order valence-electron chi connectivity index (χ0n) is 20.2. The van der Waals surface area contributed by atoms with Crippen molar-refractivity contribution in [2.45, 2.75) is 54.4 Å². The Balaban J connectivity index is 5.48. The first-order chi connectivity index (χ1) is 13.0. The Bertz CT molecular complexity index is 570. The first-order valence-corrected chi connectivity index (χ1v) is 10.2. The molecule has 0 fully saturated rings. The topological polar surface area (TPSA) is 76.2 Å². The SMILES string of the molecule is CC(=O)C(C)(C)CC(C)(CC(C)(C)C(=O)OCCN(C)C)C(=O)OCCN(C)C. The molecule has 7 nitrogen and oxygen atoms in total. The van der Waals surface area contributed by atoms with Crippen molar-refractivity contribution in [1.29, 1.82) is 0 Å². The monoisotopic (exact) mass is 414 g/mol. The van der Waals surface area contributed by atoms with Crippen molar-refractivity contribution in [3.63, 3.8) is 0 Å². The lowest BCUT2D eigenvalue weighted by atomic mass is 9.65. The molecule has 0 spiro atoms. The van der Waals surface area contributed by atoms with Crippen LogP contribution in [-0.2, 0) is 23.9 Å². The molecule has 0 amide bonds. The molecule has 1 atom stereocenters. The summed E-state index contributed by atoms with van der Waals surface area (Å²) in [4.78, 5) is 41.7. The summed E-state index contributed by atoms with van der Waals surface area (Å²) < 4.78 is 11.0. The normalized spacial score (nSPS) is 14.6. The fourth-order valence-electron chi connectivity index (χ4n) is 3.37. The van der Waals surface area contributed by atoms with Gasteiger partial charge in [-0.2, -0.15) is 0 Å². The summed E-state index contributed by atoms with van der Waals surface area (Å²) in [5.41, 5.74) is -2.60. The highest BCUT2D eigenvalue weighted by molar-refractivity contribution is 5.84. The van der Waals surface area contributed by atoms with Gasteiger partial charge in [0.2, 0.25) is 0 Å². The van der Waals surface area contributed by atoms with Crippen molar-refractivity contribution in [3.8, 4) is 0 Å². The molecule has 0 N–H and O–H groups in total. The second-order valence-electron chi connectivity index (χ2n) is 10.1. The smallest absolute Gasteiger partial charge is 0.311 e. The largest absolute Gasteiger partial charge is 0.464 e. The van der Waals surface area contributed by atoms with Crippen LogP contribution in [-0.4, -0.2) is 82.0 Å². The quantitative estimate of drug-likeness (QED) is 0.429. The van der Waals surface area contributed by atoms with E-state index in [0.717, 1.165) is 0 Å². The van der Waals surface area contributed by atoms with Crippen LogP contribution in [0.5, 0.6) is 0 Å². The molecule has 0 aromatic carbocycles. The van der Waals surface area contributed by atoms with Gasteiger partial charge in [-0.25, -0.2) is 0 Å². The molecule has 0 aromatic rings. The molecule has 0 aliphatic rings. The Kier molecular flexibility index (Phi) is 10.5. The lowest BCUT2D eigenvalue weighted by Gasteiger charge is -2.38. The second kappa shape index (κ2) is 11.1. The number of hydrogen-bond donors (Lipinski definition) is 0. The van der Waals surface area contributed by atoms with Gasteiger partial charge in [-0.3, -0.25) is 14.4 Å². The molecule has 0 bridgehead atoms. The molecule has 0 saturated heterocycles. The summed E-state index contributed by atoms with van der Waals surface area (Å²) in [6.45, 7) is 12.3. The van der Waals surface area contributed by atoms with Crippen LogP contribution < -0.4 is 0 Å². The minimum atomic E-state index is -0.994. The van der Waals surface area contributed by atoms with Crippen molar-refractivity contribution >= 4 is 17.7 Å². The Morgan fingerprint density at radius 1 is 0.690 bits per heavy atom. The fourth-order valence-corrected chi connectivity index (χ4v) is 3.37. The highest BCUT2D eigenvalue weighted by Crippen LogP contribution is 2.44. The van der Waals surface area contributed by atoms with E-state index in [9.17, 15) is 14.4 Å². The number of ketones is 1. The highest BCUT2D eigenvalue weighted by atomic mass is 16.5. The number of carbonyl (C=O) groups is 3. The summed E-state index contributed by atoms with van der Waals surface area (Å²) >= 11 is 0. The number of rotatable bonds is 13. The van der Waals surface area contributed by atoms with E-state index in [1.54, 1.807) is 20.8 Å². The molecule has 0 aliphatic carbocycles. The maximum absolute atomic E-state index is 13.0. The standard InChI is InChI=1S/C22H42N2O5/c1-17(25)20(2,3)15-22(6,19(27)29-14-12-24(9)10)16-21(4,5)18(26)28-13-11-23(7)8/h11-16H2,1-10H3. The lowest BCUT2D eigenvalue weighted by molar-refractivity contribution is -0.165. The Labute approximate surface area is 177 Å². The molecule has 0 rings (SSSR count). The fraction of sp³-hybridized carbons (Fsp3) is 0.864. The molecule has 0 aliphatic heterocycles. The molecule has 0 radical (unpaired) electrons. The number of nitrogens with zero attached hydrogens (tertiary/aromatic N) is 2. The molecule has 0 heterocycles. The van der Waals surface area contributed by atoms with Crippen molar-refractivity contribution in [2.24, 2.45) is 16.2 Å². The van der Waals surface area contributed by atoms with Gasteiger partial charge in [0.1, 0.15) is 19.0 Å². The van der Waals surface area contributed by atoms with Crippen molar-refractivity contribution in [1.82, 2.24) is 9.80 Å². The minimum Gasteiger partial charge on any atom is -0.464 e. The van der Waals surface area contributed by atoms with E-state index in [1.807, 2.05) is 51.8 Å². The predicted molar refractivity (Wildman–Crippen MR) is 115 cm³/mol. The average Bonchev–Trinajstić information content (AvgIpc) is 2.52. The van der Waals surface area contributed by atoms with Crippen LogP contribution in [0.25, 0.3) is 0 Å². The van der Waals surface area contributed by atoms with Crippen molar-refractivity contribution < 1.29 is 23.9 Å². The van der Waals surface area contributed by atoms with Gasteiger partial charge in [0.25, 0.3) is 0 Å². The van der Waals surface area contributed by atoms with Crippen LogP contribution in [0.2, 0.25) is 0 Å². The van der Waals surface area contributed by atoms with Crippen LogP contribution in [0.3, 0.4) is 0 Å². The van der Waals surface area contributed by atoms with Gasteiger partial charge >= 0.3 is 11.9 Å². The van der Waals surface area contributed by atoms with Gasteiger partial charge in [0.15, 0.2) is 0 Å². The summed E-state index contributed by atoms with van der Waals surface area (Å²) in [5, 5.41) is 0. The maximum Gasteiger partial charge on any atom is 0.311 e. The molecule has 7 heteroatoms. The van der Waals surface area contributed by atoms with Gasteiger partial charge < -0.3 is 19.3 Å². The number of Topliss-reactive ketones (excluding diaryl/α,β-unsaturated/α-hetero) is 1. The Morgan fingerprint density at radius 2 is 1.07 bits per heavy atom. The number of likely N-dealkylation sites (N-methyl/N-ethyl adjacent to an activating group) is 2. The molecular formula is C22H42N2O5. The molecule has 0 aromatic heterocycles. The van der Waals surface area contributed by atoms with Gasteiger partial charge in [0.05, 0.1) is 10.8 Å². The second-order valence-corrected chi connectivity index (χ2v) is 10.1. The first kappa shape index (κ1) is 27.5. The van der Waals surface area contributed by atoms with E-state index in [0.29, 0.717) is 19.5 Å². The van der Waals surface area contributed by atoms with Crippen LogP contribution in [0.1, 0.15) is 54.4 Å². The van der Waals surface area contributed by atoms with Crippen molar-refractivity contribution in [3.05, 3.63) is 0 Å². The minimum absolute atomic E-state index is 0.00354. The molecule has 29 heavy (non-hydrogen) atoms. The van der Waals surface area contributed by atoms with E-state index >= 15 is 0 Å². The van der Waals surface area contributed by atoms with Gasteiger partial charge in [-0.05, 0) is 68.7 Å². The van der Waals surface area contributed by atoms with Gasteiger partial charge in [0, 0.05) is 18.5 Å². The highest BCUT2D eigenvalue weighted by Gasteiger charge is 2.47. The van der Waals surface area contributed by atoms with Crippen LogP contribution in [0, 0.1) is 16.2 Å². The average molecular weight is 415 g/mol. The van der Waals surface area contributed by atoms with E-state index < -0.39 is 16.2 Å². The van der Waals surface area contributed by atoms with Gasteiger partial charge in [-0.1, -0.05) is 13.8 Å². The van der Waals surface area contributed by atoms with Gasteiger partial charge in [-0.15, -0.1) is 0 Å². The number of esters is 2. The predicted octanol–water partition coefficient (Wildman–Crippen LogP) is 2.62. The zero-order valence-corrected chi connectivity index (χ0v) is 20.2. The lowest BCUT2D eigenvalue weighted by Crippen LogP contribution is -2.43. The third kappa shape index (κ3) is 9.72. The van der Waals surface area contributed by atoms with E-state index in [4.69, 9.17) is 9.47 Å². The van der Waals surface area contributed by atoms with Crippen LogP contribution in [0.15, 0.2) is 0 Å². The molecule has 170 valence electrons. The molecule has 1 unspecified atom stereocenters. The van der Waals surface area contributed by atoms with E-state index in [-0.39, 0.29) is 37.4 Å². The Morgan fingerprint density at radius 3 is 1.45 bits per heavy atom. The molecular weight excluding hydrogens is 372 g/mol. The van der Waals surface area contributed by atoms with E-state index in [2.05, 4.69) is 0 Å². The van der Waals surface area contributed by atoms with Crippen LogP contribution >= 0.6 is 0 Å². The third-order valence-electron chi connectivity index (χ3n) is 5.21. The number of carbonyl (C=O) groups excluding carboxylic acids is 3. The Hall–Kier alpha value is -1.47. The third-order valence-corrected chi connectivity index (χ3v) is 5.21. The molecule has 0 saturated carbocycles. The summed E-state index contributed by atoms with van der Waals surface area (Å²) in [6.07, 6.45) is 0.531. The summed E-state index contributed by atoms with van der Waals surface area (Å²) in [7, 11) is 7.62. The summed E-state index contributed by atoms with van der Waals surface area (Å²) in [6, 6.07) is 0. The zero-order chi connectivity index (χ0) is 23.0.